The van der Waals surface area contributed by atoms with Gasteiger partial charge in [0.05, 0.1) is 11.1 Å². The molecule has 5 nitrogen and oxygen atoms in total. The first-order valence-electron chi connectivity index (χ1n) is 8.38. The summed E-state index contributed by atoms with van der Waals surface area (Å²) in [5, 5.41) is 5.39. The summed E-state index contributed by atoms with van der Waals surface area (Å²) < 4.78 is 5.41. The van der Waals surface area contributed by atoms with E-state index in [0.29, 0.717) is 16.1 Å². The molecule has 0 atom stereocenters. The molecule has 1 amide bonds. The lowest BCUT2D eigenvalue weighted by atomic mass is 10.0. The molecule has 0 radical (unpaired) electrons. The zero-order chi connectivity index (χ0) is 19.0. The van der Waals surface area contributed by atoms with Gasteiger partial charge in [0.2, 0.25) is 5.43 Å². The maximum Gasteiger partial charge on any atom is 0.264 e. The Kier molecular flexibility index (Phi) is 4.33. The van der Waals surface area contributed by atoms with Gasteiger partial charge in [-0.25, -0.2) is 4.98 Å². The third-order valence-corrected chi connectivity index (χ3v) is 5.08. The van der Waals surface area contributed by atoms with Crippen molar-refractivity contribution in [3.05, 3.63) is 81.0 Å². The molecule has 27 heavy (non-hydrogen) atoms. The van der Waals surface area contributed by atoms with E-state index in [2.05, 4.69) is 16.4 Å². The van der Waals surface area contributed by atoms with Crippen LogP contribution in [0.5, 0.6) is 0 Å². The summed E-state index contributed by atoms with van der Waals surface area (Å²) in [4.78, 5) is 29.6. The molecule has 0 spiro atoms. The molecular weight excluding hydrogens is 360 g/mol. The molecule has 2 aromatic heterocycles. The van der Waals surface area contributed by atoms with Crippen molar-refractivity contribution in [3.8, 4) is 11.3 Å². The molecule has 2 aromatic carbocycles. The van der Waals surface area contributed by atoms with Gasteiger partial charge in [0, 0.05) is 10.9 Å². The van der Waals surface area contributed by atoms with E-state index >= 15 is 0 Å². The number of carbonyl (C=O) groups is 1. The van der Waals surface area contributed by atoms with Gasteiger partial charge >= 0.3 is 0 Å². The zero-order valence-electron chi connectivity index (χ0n) is 14.8. The topological polar surface area (TPSA) is 72.2 Å². The number of carbonyl (C=O) groups excluding carboxylic acids is 1. The first kappa shape index (κ1) is 17.2. The second-order valence-electron chi connectivity index (χ2n) is 6.29. The summed E-state index contributed by atoms with van der Waals surface area (Å²) in [7, 11) is 0. The van der Waals surface area contributed by atoms with Gasteiger partial charge in [0.1, 0.15) is 17.4 Å². The number of rotatable bonds is 3. The van der Waals surface area contributed by atoms with E-state index in [-0.39, 0.29) is 11.0 Å². The van der Waals surface area contributed by atoms with Crippen LogP contribution in [0.15, 0.2) is 63.3 Å². The minimum Gasteiger partial charge on any atom is -0.463 e. The van der Waals surface area contributed by atoms with Gasteiger partial charge in [-0.3, -0.25) is 14.9 Å². The fourth-order valence-corrected chi connectivity index (χ4v) is 3.57. The zero-order valence-corrected chi connectivity index (χ0v) is 15.6. The van der Waals surface area contributed by atoms with Crippen molar-refractivity contribution in [2.45, 2.75) is 13.8 Å². The lowest BCUT2D eigenvalue weighted by Crippen LogP contribution is -2.21. The maximum atomic E-state index is 12.5. The lowest BCUT2D eigenvalue weighted by molar-refractivity contribution is 0.102. The third-order valence-electron chi connectivity index (χ3n) is 4.32. The van der Waals surface area contributed by atoms with Crippen molar-refractivity contribution in [2.24, 2.45) is 0 Å². The van der Waals surface area contributed by atoms with Crippen LogP contribution in [0.1, 0.15) is 21.5 Å². The Morgan fingerprint density at radius 3 is 2.81 bits per heavy atom. The number of hydrogen-bond donors (Lipinski definition) is 1. The SMILES string of the molecule is Cc1ccc(C)c(-c2csc(NC(=O)c3coc4ccccc4c3=O)n2)c1. The molecule has 4 aromatic rings. The van der Waals surface area contributed by atoms with E-state index in [0.717, 1.165) is 22.4 Å². The van der Waals surface area contributed by atoms with Crippen molar-refractivity contribution in [3.63, 3.8) is 0 Å². The van der Waals surface area contributed by atoms with Gasteiger partial charge in [0.25, 0.3) is 5.91 Å². The Morgan fingerprint density at radius 1 is 1.15 bits per heavy atom. The molecule has 2 heterocycles. The van der Waals surface area contributed by atoms with Crippen LogP contribution in [0.2, 0.25) is 0 Å². The first-order chi connectivity index (χ1) is 13.0. The minimum absolute atomic E-state index is 0.0443. The first-order valence-corrected chi connectivity index (χ1v) is 9.26. The summed E-state index contributed by atoms with van der Waals surface area (Å²) in [5.41, 5.74) is 4.12. The quantitative estimate of drug-likeness (QED) is 0.558. The summed E-state index contributed by atoms with van der Waals surface area (Å²) in [5.74, 6) is -0.531. The predicted octanol–water partition coefficient (Wildman–Crippen LogP) is 4.79. The standard InChI is InChI=1S/C21H16N2O3S/c1-12-7-8-13(2)15(9-12)17-11-27-21(22-17)23-20(25)16-10-26-18-6-4-3-5-14(18)19(16)24/h3-11H,1-2H3,(H,22,23,25). The summed E-state index contributed by atoms with van der Waals surface area (Å²) in [6.45, 7) is 4.05. The average Bonchev–Trinajstić information content (AvgIpc) is 3.12. The number of nitrogens with zero attached hydrogens (tertiary/aromatic N) is 1. The third kappa shape index (κ3) is 3.27. The molecule has 1 N–H and O–H groups in total. The number of fused-ring (bicyclic) bond motifs is 1. The summed E-state index contributed by atoms with van der Waals surface area (Å²) >= 11 is 1.32. The largest absolute Gasteiger partial charge is 0.463 e. The number of amides is 1. The molecule has 0 fully saturated rings. The van der Waals surface area contributed by atoms with Gasteiger partial charge in [0.15, 0.2) is 5.13 Å². The molecule has 0 aliphatic rings. The fraction of sp³-hybridized carbons (Fsp3) is 0.0952. The molecular formula is C21H16N2O3S. The van der Waals surface area contributed by atoms with E-state index in [1.54, 1.807) is 24.3 Å². The van der Waals surface area contributed by atoms with Gasteiger partial charge in [-0.1, -0.05) is 29.8 Å². The van der Waals surface area contributed by atoms with Crippen LogP contribution in [0.25, 0.3) is 22.2 Å². The highest BCUT2D eigenvalue weighted by atomic mass is 32.1. The van der Waals surface area contributed by atoms with E-state index in [1.165, 1.54) is 17.6 Å². The monoisotopic (exact) mass is 376 g/mol. The van der Waals surface area contributed by atoms with Crippen molar-refractivity contribution < 1.29 is 9.21 Å². The molecule has 0 saturated heterocycles. The molecule has 0 unspecified atom stereocenters. The molecule has 134 valence electrons. The Labute approximate surface area is 159 Å². The van der Waals surface area contributed by atoms with E-state index in [4.69, 9.17) is 4.42 Å². The molecule has 0 aliphatic carbocycles. The van der Waals surface area contributed by atoms with E-state index in [1.807, 2.05) is 31.4 Å². The number of anilines is 1. The Hall–Kier alpha value is -3.25. The number of nitrogens with one attached hydrogen (secondary N) is 1. The number of hydrogen-bond acceptors (Lipinski definition) is 5. The van der Waals surface area contributed by atoms with Crippen molar-refractivity contribution in [1.82, 2.24) is 4.98 Å². The van der Waals surface area contributed by atoms with Crippen molar-refractivity contribution in [2.75, 3.05) is 5.32 Å². The number of aromatic nitrogens is 1. The normalized spacial score (nSPS) is 10.9. The number of para-hydroxylation sites is 1. The maximum absolute atomic E-state index is 12.5. The lowest BCUT2D eigenvalue weighted by Gasteiger charge is -2.04. The molecule has 0 saturated carbocycles. The number of aryl methyl sites for hydroxylation is 2. The van der Waals surface area contributed by atoms with Gasteiger partial charge in [-0.05, 0) is 37.6 Å². The molecule has 0 aliphatic heterocycles. The van der Waals surface area contributed by atoms with Gasteiger partial charge < -0.3 is 4.42 Å². The second-order valence-corrected chi connectivity index (χ2v) is 7.14. The number of benzene rings is 2. The van der Waals surface area contributed by atoms with Gasteiger partial charge in [-0.2, -0.15) is 0 Å². The van der Waals surface area contributed by atoms with Crippen LogP contribution in [-0.2, 0) is 0 Å². The van der Waals surface area contributed by atoms with Gasteiger partial charge in [-0.15, -0.1) is 11.3 Å². The smallest absolute Gasteiger partial charge is 0.264 e. The van der Waals surface area contributed by atoms with Crippen LogP contribution in [0.4, 0.5) is 5.13 Å². The highest BCUT2D eigenvalue weighted by molar-refractivity contribution is 7.14. The average molecular weight is 376 g/mol. The van der Waals surface area contributed by atoms with E-state index < -0.39 is 5.91 Å². The summed E-state index contributed by atoms with van der Waals surface area (Å²) in [6.07, 6.45) is 1.19. The molecule has 0 bridgehead atoms. The summed E-state index contributed by atoms with van der Waals surface area (Å²) in [6, 6.07) is 13.0. The van der Waals surface area contributed by atoms with Crippen molar-refractivity contribution >= 4 is 33.3 Å². The van der Waals surface area contributed by atoms with Crippen LogP contribution in [-0.4, -0.2) is 10.9 Å². The molecule has 4 rings (SSSR count). The van der Waals surface area contributed by atoms with E-state index in [9.17, 15) is 9.59 Å². The minimum atomic E-state index is -0.531. The van der Waals surface area contributed by atoms with Crippen LogP contribution in [0, 0.1) is 13.8 Å². The Bertz CT molecular complexity index is 1220. The van der Waals surface area contributed by atoms with Crippen molar-refractivity contribution in [1.29, 1.82) is 0 Å². The highest BCUT2D eigenvalue weighted by Gasteiger charge is 2.16. The Morgan fingerprint density at radius 2 is 1.96 bits per heavy atom. The number of thiazole rings is 1. The molecule has 6 heteroatoms. The van der Waals surface area contributed by atoms with Crippen LogP contribution < -0.4 is 10.7 Å². The highest BCUT2D eigenvalue weighted by Crippen LogP contribution is 2.28. The Balaban J connectivity index is 1.63. The van der Waals surface area contributed by atoms with Crippen LogP contribution >= 0.6 is 11.3 Å². The fourth-order valence-electron chi connectivity index (χ4n) is 2.87. The predicted molar refractivity (Wildman–Crippen MR) is 107 cm³/mol. The van der Waals surface area contributed by atoms with Crippen LogP contribution in [0.3, 0.4) is 0 Å². The second kappa shape index (κ2) is 6.81.